The highest BCUT2D eigenvalue weighted by molar-refractivity contribution is 5.67. The van der Waals surface area contributed by atoms with Crippen LogP contribution in [0.3, 0.4) is 0 Å². The summed E-state index contributed by atoms with van der Waals surface area (Å²) in [7, 11) is 1.71. The molecule has 3 heteroatoms. The van der Waals surface area contributed by atoms with E-state index in [1.54, 1.807) is 7.05 Å². The number of ether oxygens (including phenoxy) is 1. The smallest absolute Gasteiger partial charge is 0.410 e. The summed E-state index contributed by atoms with van der Waals surface area (Å²) in [5, 5.41) is 0. The summed E-state index contributed by atoms with van der Waals surface area (Å²) < 4.78 is 4.72. The van der Waals surface area contributed by atoms with E-state index in [0.717, 1.165) is 0 Å². The molecule has 11 heavy (non-hydrogen) atoms. The lowest BCUT2D eigenvalue weighted by Gasteiger charge is -2.10. The molecule has 0 saturated carbocycles. The zero-order valence-electron chi connectivity index (χ0n) is 7.33. The minimum atomic E-state index is -0.250. The van der Waals surface area contributed by atoms with Gasteiger partial charge in [-0.1, -0.05) is 19.9 Å². The van der Waals surface area contributed by atoms with Gasteiger partial charge in [-0.05, 0) is 6.08 Å². The van der Waals surface area contributed by atoms with Crippen molar-refractivity contribution in [3.63, 3.8) is 0 Å². The molecule has 1 amide bonds. The van der Waals surface area contributed by atoms with Gasteiger partial charge in [0.2, 0.25) is 0 Å². The van der Waals surface area contributed by atoms with E-state index < -0.39 is 0 Å². The SMILES string of the molecule is CC.CN1CC=CCOC1=O. The fourth-order valence-corrected chi connectivity index (χ4v) is 0.605. The van der Waals surface area contributed by atoms with Crippen LogP contribution in [0.1, 0.15) is 13.8 Å². The average Bonchev–Trinajstić information content (AvgIpc) is 2.22. The number of amides is 1. The van der Waals surface area contributed by atoms with Gasteiger partial charge in [0, 0.05) is 13.6 Å². The third-order valence-electron chi connectivity index (χ3n) is 1.16. The Morgan fingerprint density at radius 2 is 2.09 bits per heavy atom. The summed E-state index contributed by atoms with van der Waals surface area (Å²) >= 11 is 0. The minimum Gasteiger partial charge on any atom is -0.445 e. The molecule has 0 N–H and O–H groups in total. The molecule has 1 rings (SSSR count). The fourth-order valence-electron chi connectivity index (χ4n) is 0.605. The van der Waals surface area contributed by atoms with Crippen LogP contribution < -0.4 is 0 Å². The van der Waals surface area contributed by atoms with Crippen LogP contribution in [0, 0.1) is 0 Å². The molecule has 0 aromatic rings. The maximum atomic E-state index is 10.7. The van der Waals surface area contributed by atoms with E-state index in [1.165, 1.54) is 4.90 Å². The molecule has 1 heterocycles. The van der Waals surface area contributed by atoms with Crippen molar-refractivity contribution in [3.8, 4) is 0 Å². The van der Waals surface area contributed by atoms with Crippen LogP contribution >= 0.6 is 0 Å². The lowest BCUT2D eigenvalue weighted by Crippen LogP contribution is -2.25. The minimum absolute atomic E-state index is 0.250. The van der Waals surface area contributed by atoms with Crippen molar-refractivity contribution in [1.29, 1.82) is 0 Å². The van der Waals surface area contributed by atoms with Gasteiger partial charge >= 0.3 is 6.09 Å². The van der Waals surface area contributed by atoms with Crippen LogP contribution in [-0.2, 0) is 4.74 Å². The quantitative estimate of drug-likeness (QED) is 0.500. The van der Waals surface area contributed by atoms with Gasteiger partial charge in [0.1, 0.15) is 6.61 Å². The van der Waals surface area contributed by atoms with Gasteiger partial charge in [-0.2, -0.15) is 0 Å². The van der Waals surface area contributed by atoms with Crippen LogP contribution in [0.15, 0.2) is 12.2 Å². The van der Waals surface area contributed by atoms with E-state index in [-0.39, 0.29) is 6.09 Å². The first-order chi connectivity index (χ1) is 5.30. The Kier molecular flexibility index (Phi) is 5.25. The van der Waals surface area contributed by atoms with Gasteiger partial charge < -0.3 is 9.64 Å². The first kappa shape index (κ1) is 10.0. The van der Waals surface area contributed by atoms with E-state index in [0.29, 0.717) is 13.2 Å². The number of carbonyl (C=O) groups excluding carboxylic acids is 1. The summed E-state index contributed by atoms with van der Waals surface area (Å²) in [4.78, 5) is 12.2. The average molecular weight is 157 g/mol. The zero-order chi connectivity index (χ0) is 8.69. The molecule has 0 atom stereocenters. The highest BCUT2D eigenvalue weighted by Gasteiger charge is 2.08. The van der Waals surface area contributed by atoms with Crippen LogP contribution in [0.5, 0.6) is 0 Å². The lowest BCUT2D eigenvalue weighted by atomic mass is 10.5. The third-order valence-corrected chi connectivity index (χ3v) is 1.16. The van der Waals surface area contributed by atoms with Gasteiger partial charge in [-0.3, -0.25) is 0 Å². The predicted molar refractivity (Wildman–Crippen MR) is 44.5 cm³/mol. The Morgan fingerprint density at radius 1 is 1.45 bits per heavy atom. The molecular formula is C8H15NO2. The van der Waals surface area contributed by atoms with Gasteiger partial charge in [0.25, 0.3) is 0 Å². The number of likely N-dealkylation sites (N-methyl/N-ethyl adjacent to an activating group) is 1. The van der Waals surface area contributed by atoms with Crippen molar-refractivity contribution in [1.82, 2.24) is 4.90 Å². The Morgan fingerprint density at radius 3 is 2.73 bits per heavy atom. The van der Waals surface area contributed by atoms with Gasteiger partial charge in [-0.25, -0.2) is 4.79 Å². The van der Waals surface area contributed by atoms with Crippen molar-refractivity contribution in [2.45, 2.75) is 13.8 Å². The Balaban J connectivity index is 0.000000461. The second kappa shape index (κ2) is 5.77. The Labute approximate surface area is 67.6 Å². The molecular weight excluding hydrogens is 142 g/mol. The first-order valence-electron chi connectivity index (χ1n) is 3.83. The van der Waals surface area contributed by atoms with Crippen molar-refractivity contribution < 1.29 is 9.53 Å². The van der Waals surface area contributed by atoms with E-state index >= 15 is 0 Å². The normalized spacial score (nSPS) is 16.3. The number of carbonyl (C=O) groups is 1. The maximum Gasteiger partial charge on any atom is 0.410 e. The number of hydrogen-bond acceptors (Lipinski definition) is 2. The molecule has 0 aromatic heterocycles. The van der Waals surface area contributed by atoms with Crippen LogP contribution in [0.25, 0.3) is 0 Å². The summed E-state index contributed by atoms with van der Waals surface area (Å²) in [6.45, 7) is 5.06. The molecule has 0 spiro atoms. The predicted octanol–water partition coefficient (Wildman–Crippen LogP) is 1.65. The first-order valence-corrected chi connectivity index (χ1v) is 3.83. The van der Waals surface area contributed by atoms with Crippen molar-refractivity contribution in [2.75, 3.05) is 20.2 Å². The third kappa shape index (κ3) is 3.65. The second-order valence-electron chi connectivity index (χ2n) is 1.93. The molecule has 0 aromatic carbocycles. The molecule has 3 nitrogen and oxygen atoms in total. The molecule has 0 aliphatic carbocycles. The van der Waals surface area contributed by atoms with Crippen LogP contribution in [-0.4, -0.2) is 31.2 Å². The van der Waals surface area contributed by atoms with E-state index in [1.807, 2.05) is 26.0 Å². The standard InChI is InChI=1S/C6H9NO2.C2H6/c1-7-4-2-3-5-9-6(7)8;1-2/h2-3H,4-5H2,1H3;1-2H3. The highest BCUT2D eigenvalue weighted by atomic mass is 16.6. The molecule has 0 unspecified atom stereocenters. The van der Waals surface area contributed by atoms with E-state index in [4.69, 9.17) is 4.74 Å². The fraction of sp³-hybridized carbons (Fsp3) is 0.625. The number of hydrogen-bond donors (Lipinski definition) is 0. The Bertz CT molecular complexity index is 143. The Hall–Kier alpha value is -0.990. The molecule has 1 aliphatic heterocycles. The molecule has 0 saturated heterocycles. The second-order valence-corrected chi connectivity index (χ2v) is 1.93. The summed E-state index contributed by atoms with van der Waals surface area (Å²) in [5.41, 5.74) is 0. The summed E-state index contributed by atoms with van der Waals surface area (Å²) in [6, 6.07) is 0. The van der Waals surface area contributed by atoms with Gasteiger partial charge in [0.05, 0.1) is 0 Å². The van der Waals surface area contributed by atoms with Crippen molar-refractivity contribution >= 4 is 6.09 Å². The molecule has 1 aliphatic rings. The number of nitrogens with zero attached hydrogens (tertiary/aromatic N) is 1. The molecule has 64 valence electrons. The lowest BCUT2D eigenvalue weighted by molar-refractivity contribution is 0.129. The van der Waals surface area contributed by atoms with Crippen LogP contribution in [0.4, 0.5) is 4.79 Å². The van der Waals surface area contributed by atoms with E-state index in [2.05, 4.69) is 0 Å². The molecule has 0 fully saturated rings. The highest BCUT2D eigenvalue weighted by Crippen LogP contribution is 1.94. The van der Waals surface area contributed by atoms with Crippen LogP contribution in [0.2, 0.25) is 0 Å². The van der Waals surface area contributed by atoms with Crippen molar-refractivity contribution in [2.24, 2.45) is 0 Å². The van der Waals surface area contributed by atoms with Gasteiger partial charge in [0.15, 0.2) is 0 Å². The topological polar surface area (TPSA) is 29.5 Å². The zero-order valence-corrected chi connectivity index (χ0v) is 7.33. The maximum absolute atomic E-state index is 10.7. The largest absolute Gasteiger partial charge is 0.445 e. The number of cyclic esters (lactones) is 1. The summed E-state index contributed by atoms with van der Waals surface area (Å²) in [6.07, 6.45) is 3.49. The van der Waals surface area contributed by atoms with E-state index in [9.17, 15) is 4.79 Å². The molecule has 0 bridgehead atoms. The molecule has 0 radical (unpaired) electrons. The monoisotopic (exact) mass is 157 g/mol. The number of rotatable bonds is 0. The summed E-state index contributed by atoms with van der Waals surface area (Å²) in [5.74, 6) is 0. The van der Waals surface area contributed by atoms with Gasteiger partial charge in [-0.15, -0.1) is 0 Å². The van der Waals surface area contributed by atoms with Crippen molar-refractivity contribution in [3.05, 3.63) is 12.2 Å².